The Kier molecular flexibility index (Phi) is 4.08. The molecule has 2 atom stereocenters. The highest BCUT2D eigenvalue weighted by Crippen LogP contribution is 2.54. The van der Waals surface area contributed by atoms with E-state index in [0.29, 0.717) is 29.6 Å². The summed E-state index contributed by atoms with van der Waals surface area (Å²) in [6.07, 6.45) is 5.84. The van der Waals surface area contributed by atoms with Gasteiger partial charge in [0.25, 0.3) is 0 Å². The molecule has 1 amide bonds. The topological polar surface area (TPSA) is 68.0 Å². The summed E-state index contributed by atoms with van der Waals surface area (Å²) in [6.45, 7) is 2.14. The minimum absolute atomic E-state index is 0.000464. The van der Waals surface area contributed by atoms with E-state index in [2.05, 4.69) is 46.6 Å². The number of rotatable bonds is 5. The van der Waals surface area contributed by atoms with Gasteiger partial charge in [-0.15, -0.1) is 0 Å². The number of aryl methyl sites for hydroxylation is 1. The normalized spacial score (nSPS) is 23.4. The summed E-state index contributed by atoms with van der Waals surface area (Å²) in [5.41, 5.74) is 2.67. The van der Waals surface area contributed by atoms with Crippen LogP contribution in [-0.2, 0) is 11.2 Å². The molecule has 1 aromatic heterocycles. The van der Waals surface area contributed by atoms with Crippen molar-refractivity contribution in [1.82, 2.24) is 15.5 Å². The van der Waals surface area contributed by atoms with E-state index < -0.39 is 0 Å². The van der Waals surface area contributed by atoms with Crippen molar-refractivity contribution in [1.29, 1.82) is 0 Å². The minimum Gasteiger partial charge on any atom is -0.353 e. The van der Waals surface area contributed by atoms with Crippen LogP contribution < -0.4 is 5.32 Å². The van der Waals surface area contributed by atoms with Gasteiger partial charge in [0.1, 0.15) is 0 Å². The van der Waals surface area contributed by atoms with E-state index in [4.69, 9.17) is 4.52 Å². The zero-order chi connectivity index (χ0) is 16.5. The standard InChI is InChI=1S/C19H23N3O2/c1-12-6-2-5-9-14(12)15-10-16(15)19-21-17(22-24-19)11-18(23)20-13-7-3-4-8-13/h2,5-6,9,13,15-16H,3-4,7-8,10-11H2,1H3,(H,20,23)/t15-,16-/m1/s1. The maximum atomic E-state index is 12.1. The SMILES string of the molecule is Cc1ccccc1[C@H]1C[C@H]1c1nc(CC(=O)NC2CCCC2)no1. The van der Waals surface area contributed by atoms with Crippen LogP contribution in [0.15, 0.2) is 28.8 Å². The first-order chi connectivity index (χ1) is 11.7. The highest BCUT2D eigenvalue weighted by molar-refractivity contribution is 5.78. The fraction of sp³-hybridized carbons (Fsp3) is 0.526. The van der Waals surface area contributed by atoms with Gasteiger partial charge in [0.2, 0.25) is 11.8 Å². The van der Waals surface area contributed by atoms with Gasteiger partial charge in [-0.3, -0.25) is 4.79 Å². The van der Waals surface area contributed by atoms with Gasteiger partial charge in [0.05, 0.1) is 6.42 Å². The van der Waals surface area contributed by atoms with Gasteiger partial charge in [-0.05, 0) is 43.2 Å². The summed E-state index contributed by atoms with van der Waals surface area (Å²) in [5, 5.41) is 7.06. The molecule has 0 radical (unpaired) electrons. The molecule has 4 rings (SSSR count). The molecule has 5 heteroatoms. The Morgan fingerprint density at radius 2 is 2.04 bits per heavy atom. The number of benzene rings is 1. The summed E-state index contributed by atoms with van der Waals surface area (Å²) >= 11 is 0. The lowest BCUT2D eigenvalue weighted by Gasteiger charge is -2.10. The minimum atomic E-state index is 0.000464. The van der Waals surface area contributed by atoms with E-state index >= 15 is 0 Å². The van der Waals surface area contributed by atoms with Gasteiger partial charge in [-0.25, -0.2) is 0 Å². The van der Waals surface area contributed by atoms with Crippen LogP contribution in [0, 0.1) is 6.92 Å². The molecular formula is C19H23N3O2. The number of aromatic nitrogens is 2. The zero-order valence-electron chi connectivity index (χ0n) is 14.0. The highest BCUT2D eigenvalue weighted by atomic mass is 16.5. The Balaban J connectivity index is 1.36. The number of nitrogens with one attached hydrogen (secondary N) is 1. The Morgan fingerprint density at radius 1 is 1.25 bits per heavy atom. The Bertz CT molecular complexity index is 734. The summed E-state index contributed by atoms with van der Waals surface area (Å²) in [6, 6.07) is 8.77. The predicted molar refractivity (Wildman–Crippen MR) is 89.7 cm³/mol. The van der Waals surface area contributed by atoms with Crippen molar-refractivity contribution in [2.45, 2.75) is 63.3 Å². The lowest BCUT2D eigenvalue weighted by atomic mass is 10.0. The van der Waals surface area contributed by atoms with Crippen molar-refractivity contribution in [3.05, 3.63) is 47.1 Å². The molecular weight excluding hydrogens is 302 g/mol. The molecule has 0 unspecified atom stereocenters. The number of carbonyl (C=O) groups excluding carboxylic acids is 1. The average Bonchev–Trinajstić information content (AvgIpc) is 2.94. The van der Waals surface area contributed by atoms with Gasteiger partial charge >= 0.3 is 0 Å². The van der Waals surface area contributed by atoms with Crippen molar-refractivity contribution < 1.29 is 9.32 Å². The molecule has 0 spiro atoms. The molecule has 2 fully saturated rings. The monoisotopic (exact) mass is 325 g/mol. The van der Waals surface area contributed by atoms with Crippen LogP contribution in [0.25, 0.3) is 0 Å². The van der Waals surface area contributed by atoms with Gasteiger partial charge in [-0.1, -0.05) is 42.3 Å². The quantitative estimate of drug-likeness (QED) is 0.916. The fourth-order valence-electron chi connectivity index (χ4n) is 3.80. The predicted octanol–water partition coefficient (Wildman–Crippen LogP) is 3.25. The molecule has 1 aromatic carbocycles. The highest BCUT2D eigenvalue weighted by Gasteiger charge is 2.44. The summed E-state index contributed by atoms with van der Waals surface area (Å²) < 4.78 is 5.41. The molecule has 2 aromatic rings. The number of nitrogens with zero attached hydrogens (tertiary/aromatic N) is 2. The Labute approximate surface area is 141 Å². The van der Waals surface area contributed by atoms with Gasteiger partial charge in [0, 0.05) is 12.0 Å². The number of hydrogen-bond donors (Lipinski definition) is 1. The zero-order valence-corrected chi connectivity index (χ0v) is 14.0. The van der Waals surface area contributed by atoms with Gasteiger partial charge in [0.15, 0.2) is 5.82 Å². The van der Waals surface area contributed by atoms with Crippen molar-refractivity contribution in [3.8, 4) is 0 Å². The van der Waals surface area contributed by atoms with Gasteiger partial charge < -0.3 is 9.84 Å². The van der Waals surface area contributed by atoms with Crippen LogP contribution in [0.5, 0.6) is 0 Å². The second kappa shape index (κ2) is 6.38. The van der Waals surface area contributed by atoms with Crippen LogP contribution in [0.3, 0.4) is 0 Å². The van der Waals surface area contributed by atoms with Crippen molar-refractivity contribution in [2.24, 2.45) is 0 Å². The van der Waals surface area contributed by atoms with Crippen LogP contribution in [0.2, 0.25) is 0 Å². The Morgan fingerprint density at radius 3 is 2.83 bits per heavy atom. The first kappa shape index (κ1) is 15.4. The second-order valence-electron chi connectivity index (χ2n) is 7.08. The molecule has 2 aliphatic carbocycles. The lowest BCUT2D eigenvalue weighted by Crippen LogP contribution is -2.33. The van der Waals surface area contributed by atoms with E-state index in [9.17, 15) is 4.79 Å². The first-order valence-electron chi connectivity index (χ1n) is 8.88. The molecule has 2 saturated carbocycles. The lowest BCUT2D eigenvalue weighted by molar-refractivity contribution is -0.121. The summed E-state index contributed by atoms with van der Waals surface area (Å²) in [5.74, 6) is 1.93. The fourth-order valence-corrected chi connectivity index (χ4v) is 3.80. The molecule has 0 aliphatic heterocycles. The third-order valence-electron chi connectivity index (χ3n) is 5.22. The molecule has 5 nitrogen and oxygen atoms in total. The van der Waals surface area contributed by atoms with E-state index in [0.717, 1.165) is 19.3 Å². The van der Waals surface area contributed by atoms with Crippen LogP contribution in [0.4, 0.5) is 0 Å². The van der Waals surface area contributed by atoms with Crippen molar-refractivity contribution in [2.75, 3.05) is 0 Å². The molecule has 2 aliphatic rings. The van der Waals surface area contributed by atoms with Crippen molar-refractivity contribution in [3.63, 3.8) is 0 Å². The maximum Gasteiger partial charge on any atom is 0.230 e. The average molecular weight is 325 g/mol. The molecule has 126 valence electrons. The van der Waals surface area contributed by atoms with E-state index in [1.165, 1.54) is 24.0 Å². The number of carbonyl (C=O) groups is 1. The van der Waals surface area contributed by atoms with E-state index in [1.807, 2.05) is 0 Å². The molecule has 0 saturated heterocycles. The second-order valence-corrected chi connectivity index (χ2v) is 7.08. The summed E-state index contributed by atoms with van der Waals surface area (Å²) in [7, 11) is 0. The van der Waals surface area contributed by atoms with Crippen LogP contribution in [0.1, 0.15) is 66.8 Å². The van der Waals surface area contributed by atoms with Gasteiger partial charge in [-0.2, -0.15) is 4.98 Å². The maximum absolute atomic E-state index is 12.1. The number of hydrogen-bond acceptors (Lipinski definition) is 4. The third-order valence-corrected chi connectivity index (χ3v) is 5.22. The smallest absolute Gasteiger partial charge is 0.230 e. The molecule has 1 N–H and O–H groups in total. The first-order valence-corrected chi connectivity index (χ1v) is 8.88. The van der Waals surface area contributed by atoms with Crippen LogP contribution >= 0.6 is 0 Å². The van der Waals surface area contributed by atoms with Crippen molar-refractivity contribution >= 4 is 5.91 Å². The van der Waals surface area contributed by atoms with E-state index in [-0.39, 0.29) is 12.3 Å². The third kappa shape index (κ3) is 3.21. The Hall–Kier alpha value is -2.17. The summed E-state index contributed by atoms with van der Waals surface area (Å²) in [4.78, 5) is 16.5. The largest absolute Gasteiger partial charge is 0.353 e. The van der Waals surface area contributed by atoms with Crippen LogP contribution in [-0.4, -0.2) is 22.1 Å². The number of amides is 1. The molecule has 1 heterocycles. The molecule has 0 bridgehead atoms. The van der Waals surface area contributed by atoms with E-state index in [1.54, 1.807) is 0 Å². The molecule has 24 heavy (non-hydrogen) atoms.